The van der Waals surface area contributed by atoms with Gasteiger partial charge in [0.2, 0.25) is 5.28 Å². The third-order valence-electron chi connectivity index (χ3n) is 2.86. The Hall–Kier alpha value is -1.39. The normalized spacial score (nSPS) is 12.2. The Balaban J connectivity index is 2.15. The van der Waals surface area contributed by atoms with Crippen LogP contribution in [0.2, 0.25) is 10.4 Å². The molecule has 0 bridgehead atoms. The van der Waals surface area contributed by atoms with Crippen molar-refractivity contribution in [1.29, 1.82) is 0 Å². The van der Waals surface area contributed by atoms with Crippen molar-refractivity contribution in [3.8, 4) is 0 Å². The van der Waals surface area contributed by atoms with Crippen LogP contribution in [0.25, 0.3) is 0 Å². The van der Waals surface area contributed by atoms with Gasteiger partial charge in [-0.15, -0.1) is 10.2 Å². The highest BCUT2D eigenvalue weighted by atomic mass is 35.5. The average Bonchev–Trinajstić information content (AvgIpc) is 2.43. The Morgan fingerprint density at radius 2 is 1.84 bits per heavy atom. The molecule has 1 heterocycles. The van der Waals surface area contributed by atoms with Crippen molar-refractivity contribution in [2.45, 2.75) is 26.3 Å². The number of nitrogens with one attached hydrogen (secondary N) is 1. The van der Waals surface area contributed by atoms with Crippen LogP contribution in [0.3, 0.4) is 0 Å². The topological polar surface area (TPSA) is 50.7 Å². The summed E-state index contributed by atoms with van der Waals surface area (Å²) >= 11 is 11.6. The highest BCUT2D eigenvalue weighted by Gasteiger charge is 2.11. The predicted octanol–water partition coefficient (Wildman–Crippen LogP) is 3.91. The Labute approximate surface area is 122 Å². The molecule has 1 aromatic carbocycles. The van der Waals surface area contributed by atoms with E-state index in [0.717, 1.165) is 12.0 Å². The van der Waals surface area contributed by atoms with Gasteiger partial charge in [0.25, 0.3) is 0 Å². The molecule has 0 aliphatic carbocycles. The standard InChI is InChI=1S/C13H14Cl2N4/c1-3-9-4-6-10(7-5-9)8(2)16-12-11(14)18-19-13(15)17-12/h4-8H,3H2,1-2H3,(H,16,17,19). The van der Waals surface area contributed by atoms with E-state index in [0.29, 0.717) is 5.82 Å². The molecule has 6 heteroatoms. The molecule has 2 rings (SSSR count). The van der Waals surface area contributed by atoms with Crippen LogP contribution in [0, 0.1) is 0 Å². The Morgan fingerprint density at radius 3 is 2.47 bits per heavy atom. The maximum absolute atomic E-state index is 5.92. The van der Waals surface area contributed by atoms with Crippen molar-refractivity contribution < 1.29 is 0 Å². The van der Waals surface area contributed by atoms with Gasteiger partial charge in [-0.25, -0.2) is 0 Å². The molecular formula is C13H14Cl2N4. The van der Waals surface area contributed by atoms with Gasteiger partial charge in [0.1, 0.15) is 0 Å². The smallest absolute Gasteiger partial charge is 0.245 e. The number of halogens is 2. The minimum Gasteiger partial charge on any atom is -0.361 e. The molecule has 100 valence electrons. The summed E-state index contributed by atoms with van der Waals surface area (Å²) in [6.45, 7) is 4.15. The number of hydrogen-bond donors (Lipinski definition) is 1. The molecule has 0 aliphatic heterocycles. The molecule has 0 amide bonds. The van der Waals surface area contributed by atoms with E-state index in [1.54, 1.807) is 0 Å². The number of benzene rings is 1. The number of anilines is 1. The van der Waals surface area contributed by atoms with E-state index in [1.165, 1.54) is 5.56 Å². The molecule has 1 aromatic heterocycles. The fourth-order valence-electron chi connectivity index (χ4n) is 1.72. The number of aryl methyl sites for hydroxylation is 1. The van der Waals surface area contributed by atoms with Crippen LogP contribution in [-0.4, -0.2) is 15.2 Å². The molecule has 2 aromatic rings. The van der Waals surface area contributed by atoms with E-state index in [2.05, 4.69) is 51.7 Å². The maximum atomic E-state index is 5.92. The molecular weight excluding hydrogens is 283 g/mol. The molecule has 19 heavy (non-hydrogen) atoms. The van der Waals surface area contributed by atoms with Crippen molar-refractivity contribution in [3.05, 3.63) is 45.8 Å². The lowest BCUT2D eigenvalue weighted by molar-refractivity contribution is 0.857. The minimum atomic E-state index is 0.0520. The Bertz CT molecular complexity index is 557. The van der Waals surface area contributed by atoms with E-state index in [-0.39, 0.29) is 16.5 Å². The summed E-state index contributed by atoms with van der Waals surface area (Å²) in [7, 11) is 0. The van der Waals surface area contributed by atoms with Gasteiger partial charge in [0.05, 0.1) is 6.04 Å². The number of aromatic nitrogens is 3. The largest absolute Gasteiger partial charge is 0.361 e. The van der Waals surface area contributed by atoms with Crippen molar-refractivity contribution in [1.82, 2.24) is 15.2 Å². The van der Waals surface area contributed by atoms with Crippen LogP contribution in [0.5, 0.6) is 0 Å². The lowest BCUT2D eigenvalue weighted by atomic mass is 10.1. The van der Waals surface area contributed by atoms with Crippen LogP contribution in [0.15, 0.2) is 24.3 Å². The van der Waals surface area contributed by atoms with Crippen LogP contribution in [-0.2, 0) is 6.42 Å². The van der Waals surface area contributed by atoms with E-state index in [1.807, 2.05) is 6.92 Å². The average molecular weight is 297 g/mol. The molecule has 1 N–H and O–H groups in total. The van der Waals surface area contributed by atoms with Gasteiger partial charge in [-0.2, -0.15) is 4.98 Å². The van der Waals surface area contributed by atoms with Gasteiger partial charge < -0.3 is 5.32 Å². The van der Waals surface area contributed by atoms with E-state index in [4.69, 9.17) is 23.2 Å². The Kier molecular flexibility index (Phi) is 4.56. The van der Waals surface area contributed by atoms with Crippen LogP contribution >= 0.6 is 23.2 Å². The molecule has 0 aliphatic rings. The summed E-state index contributed by atoms with van der Waals surface area (Å²) in [4.78, 5) is 4.02. The second-order valence-electron chi connectivity index (χ2n) is 4.18. The summed E-state index contributed by atoms with van der Waals surface area (Å²) in [5.41, 5.74) is 2.45. The first-order valence-corrected chi connectivity index (χ1v) is 6.77. The second-order valence-corrected chi connectivity index (χ2v) is 4.88. The zero-order valence-corrected chi connectivity index (χ0v) is 12.2. The SMILES string of the molecule is CCc1ccc(C(C)Nc2nc(Cl)nnc2Cl)cc1. The van der Waals surface area contributed by atoms with Crippen molar-refractivity contribution in [2.75, 3.05) is 5.32 Å². The van der Waals surface area contributed by atoms with Gasteiger partial charge in [-0.3, -0.25) is 0 Å². The third kappa shape index (κ3) is 3.55. The van der Waals surface area contributed by atoms with Crippen LogP contribution in [0.4, 0.5) is 5.82 Å². The quantitative estimate of drug-likeness (QED) is 0.929. The first-order valence-electron chi connectivity index (χ1n) is 6.01. The monoisotopic (exact) mass is 296 g/mol. The van der Waals surface area contributed by atoms with E-state index < -0.39 is 0 Å². The third-order valence-corrected chi connectivity index (χ3v) is 3.28. The molecule has 0 saturated heterocycles. The first kappa shape index (κ1) is 14.0. The second kappa shape index (κ2) is 6.17. The highest BCUT2D eigenvalue weighted by Crippen LogP contribution is 2.23. The molecule has 0 fully saturated rings. The minimum absolute atomic E-state index is 0.0520. The number of hydrogen-bond acceptors (Lipinski definition) is 4. The zero-order chi connectivity index (χ0) is 13.8. The van der Waals surface area contributed by atoms with Crippen LogP contribution in [0.1, 0.15) is 31.0 Å². The lowest BCUT2D eigenvalue weighted by Crippen LogP contribution is -2.09. The number of rotatable bonds is 4. The van der Waals surface area contributed by atoms with E-state index in [9.17, 15) is 0 Å². The van der Waals surface area contributed by atoms with Gasteiger partial charge in [-0.1, -0.05) is 42.8 Å². The van der Waals surface area contributed by atoms with Crippen molar-refractivity contribution in [3.63, 3.8) is 0 Å². The summed E-state index contributed by atoms with van der Waals surface area (Å²) in [5, 5.41) is 10.7. The highest BCUT2D eigenvalue weighted by molar-refractivity contribution is 6.32. The fourth-order valence-corrected chi connectivity index (χ4v) is 1.97. The van der Waals surface area contributed by atoms with Gasteiger partial charge in [0.15, 0.2) is 11.0 Å². The molecule has 0 saturated carbocycles. The van der Waals surface area contributed by atoms with Crippen molar-refractivity contribution in [2.24, 2.45) is 0 Å². The van der Waals surface area contributed by atoms with Crippen LogP contribution < -0.4 is 5.32 Å². The lowest BCUT2D eigenvalue weighted by Gasteiger charge is -2.15. The van der Waals surface area contributed by atoms with Gasteiger partial charge in [0, 0.05) is 0 Å². The molecule has 1 unspecified atom stereocenters. The van der Waals surface area contributed by atoms with Gasteiger partial charge in [-0.05, 0) is 36.1 Å². The number of nitrogens with zero attached hydrogens (tertiary/aromatic N) is 3. The fraction of sp³-hybridized carbons (Fsp3) is 0.308. The molecule has 0 radical (unpaired) electrons. The van der Waals surface area contributed by atoms with Crippen molar-refractivity contribution >= 4 is 29.0 Å². The van der Waals surface area contributed by atoms with E-state index >= 15 is 0 Å². The predicted molar refractivity (Wildman–Crippen MR) is 77.7 cm³/mol. The molecule has 4 nitrogen and oxygen atoms in total. The summed E-state index contributed by atoms with van der Waals surface area (Å²) in [6, 6.07) is 8.44. The molecule has 0 spiro atoms. The summed E-state index contributed by atoms with van der Waals surface area (Å²) in [6.07, 6.45) is 1.03. The zero-order valence-electron chi connectivity index (χ0n) is 10.7. The first-order chi connectivity index (χ1) is 9.10. The summed E-state index contributed by atoms with van der Waals surface area (Å²) < 4.78 is 0. The van der Waals surface area contributed by atoms with Gasteiger partial charge >= 0.3 is 0 Å². The Morgan fingerprint density at radius 1 is 1.16 bits per heavy atom. The maximum Gasteiger partial charge on any atom is 0.245 e. The molecule has 1 atom stereocenters. The summed E-state index contributed by atoms with van der Waals surface area (Å²) in [5.74, 6) is 0.439.